The number of anilines is 1. The molecule has 0 spiro atoms. The molecule has 3 aromatic rings. The van der Waals surface area contributed by atoms with E-state index < -0.39 is 12.1 Å². The standard InChI is InChI=1S/C16H15N3O3S/c1-9-5-3-6-11(13(9)17)16(20)21-10(2)14-18-19-15(22-14)12-7-4-8-23-12/h3-8,10H,17H2,1-2H3. The number of hydrogen-bond acceptors (Lipinski definition) is 7. The lowest BCUT2D eigenvalue weighted by molar-refractivity contribution is 0.0281. The molecular weight excluding hydrogens is 314 g/mol. The average Bonchev–Trinajstić information content (AvgIpc) is 3.20. The molecule has 118 valence electrons. The van der Waals surface area contributed by atoms with Crippen molar-refractivity contribution in [3.8, 4) is 10.8 Å². The predicted octanol–water partition coefficient (Wildman–Crippen LogP) is 3.61. The number of nitrogens with two attached hydrogens (primary N) is 1. The van der Waals surface area contributed by atoms with E-state index in [1.165, 1.54) is 11.3 Å². The molecule has 2 N–H and O–H groups in total. The lowest BCUT2D eigenvalue weighted by Crippen LogP contribution is -2.12. The summed E-state index contributed by atoms with van der Waals surface area (Å²) in [6, 6.07) is 9.00. The summed E-state index contributed by atoms with van der Waals surface area (Å²) in [4.78, 5) is 13.1. The van der Waals surface area contributed by atoms with Gasteiger partial charge in [-0.1, -0.05) is 18.2 Å². The summed E-state index contributed by atoms with van der Waals surface area (Å²) in [7, 11) is 0. The molecule has 0 amide bonds. The first kappa shape index (κ1) is 15.2. The largest absolute Gasteiger partial charge is 0.449 e. The van der Waals surface area contributed by atoms with Gasteiger partial charge in [0.2, 0.25) is 0 Å². The maximum Gasteiger partial charge on any atom is 0.341 e. The third-order valence-corrected chi connectivity index (χ3v) is 4.21. The van der Waals surface area contributed by atoms with E-state index in [4.69, 9.17) is 14.9 Å². The molecule has 0 saturated carbocycles. The Morgan fingerprint density at radius 2 is 2.13 bits per heavy atom. The highest BCUT2D eigenvalue weighted by Gasteiger charge is 2.21. The first-order chi connectivity index (χ1) is 11.1. The van der Waals surface area contributed by atoms with Crippen LogP contribution >= 0.6 is 11.3 Å². The van der Waals surface area contributed by atoms with Crippen molar-refractivity contribution in [3.63, 3.8) is 0 Å². The normalized spacial score (nSPS) is 12.1. The van der Waals surface area contributed by atoms with Crippen LogP contribution in [-0.2, 0) is 4.74 Å². The van der Waals surface area contributed by atoms with Gasteiger partial charge in [-0.2, -0.15) is 0 Å². The second-order valence-corrected chi connectivity index (χ2v) is 5.95. The number of aromatic nitrogens is 2. The van der Waals surface area contributed by atoms with E-state index in [9.17, 15) is 4.79 Å². The molecule has 0 saturated heterocycles. The number of carbonyl (C=O) groups is 1. The molecule has 2 heterocycles. The van der Waals surface area contributed by atoms with Crippen LogP contribution in [0, 0.1) is 6.92 Å². The van der Waals surface area contributed by atoms with Crippen LogP contribution in [0.4, 0.5) is 5.69 Å². The summed E-state index contributed by atoms with van der Waals surface area (Å²) in [6.07, 6.45) is -0.663. The molecular formula is C16H15N3O3S. The van der Waals surface area contributed by atoms with Crippen molar-refractivity contribution >= 4 is 23.0 Å². The van der Waals surface area contributed by atoms with Gasteiger partial charge in [0.05, 0.1) is 10.4 Å². The second-order valence-electron chi connectivity index (χ2n) is 5.01. The van der Waals surface area contributed by atoms with Gasteiger partial charge in [-0.15, -0.1) is 21.5 Å². The van der Waals surface area contributed by atoms with Crippen molar-refractivity contribution in [2.24, 2.45) is 0 Å². The number of para-hydroxylation sites is 1. The second kappa shape index (κ2) is 6.21. The van der Waals surface area contributed by atoms with E-state index in [2.05, 4.69) is 10.2 Å². The van der Waals surface area contributed by atoms with Gasteiger partial charge in [-0.25, -0.2) is 4.79 Å². The summed E-state index contributed by atoms with van der Waals surface area (Å²) in [5.74, 6) is 0.135. The van der Waals surface area contributed by atoms with Crippen LogP contribution < -0.4 is 5.73 Å². The van der Waals surface area contributed by atoms with Crippen LogP contribution in [0.2, 0.25) is 0 Å². The van der Waals surface area contributed by atoms with Crippen molar-refractivity contribution in [3.05, 3.63) is 52.7 Å². The lowest BCUT2D eigenvalue weighted by Gasteiger charge is -2.11. The highest BCUT2D eigenvalue weighted by Crippen LogP contribution is 2.27. The Morgan fingerprint density at radius 1 is 1.30 bits per heavy atom. The Balaban J connectivity index is 1.75. The summed E-state index contributed by atoms with van der Waals surface area (Å²) in [5, 5.41) is 9.83. The van der Waals surface area contributed by atoms with Gasteiger partial charge in [0.1, 0.15) is 0 Å². The Bertz CT molecular complexity index is 827. The third kappa shape index (κ3) is 3.09. The molecule has 6 nitrogen and oxygen atoms in total. The molecule has 0 fully saturated rings. The quantitative estimate of drug-likeness (QED) is 0.581. The highest BCUT2D eigenvalue weighted by molar-refractivity contribution is 7.13. The molecule has 2 aromatic heterocycles. The molecule has 0 aliphatic rings. The maximum absolute atomic E-state index is 12.2. The molecule has 1 aromatic carbocycles. The third-order valence-electron chi connectivity index (χ3n) is 3.35. The van der Waals surface area contributed by atoms with Gasteiger partial charge < -0.3 is 14.9 Å². The fourth-order valence-corrected chi connectivity index (χ4v) is 2.68. The van der Waals surface area contributed by atoms with Crippen molar-refractivity contribution in [2.45, 2.75) is 20.0 Å². The molecule has 3 rings (SSSR count). The van der Waals surface area contributed by atoms with E-state index >= 15 is 0 Å². The number of carbonyl (C=O) groups excluding carboxylic acids is 1. The Labute approximate surface area is 136 Å². The molecule has 0 aliphatic carbocycles. The lowest BCUT2D eigenvalue weighted by atomic mass is 10.1. The fourth-order valence-electron chi connectivity index (χ4n) is 2.03. The zero-order valence-electron chi connectivity index (χ0n) is 12.6. The first-order valence-electron chi connectivity index (χ1n) is 6.99. The van der Waals surface area contributed by atoms with Crippen molar-refractivity contribution in [2.75, 3.05) is 5.73 Å². The first-order valence-corrected chi connectivity index (χ1v) is 7.87. The van der Waals surface area contributed by atoms with Crippen molar-refractivity contribution < 1.29 is 13.9 Å². The van der Waals surface area contributed by atoms with Crippen LogP contribution in [-0.4, -0.2) is 16.2 Å². The number of aryl methyl sites for hydroxylation is 1. The number of thiophene rings is 1. The van der Waals surface area contributed by atoms with E-state index in [1.807, 2.05) is 30.5 Å². The number of benzene rings is 1. The average molecular weight is 329 g/mol. The van der Waals surface area contributed by atoms with E-state index in [0.29, 0.717) is 17.1 Å². The van der Waals surface area contributed by atoms with Crippen LogP contribution in [0.3, 0.4) is 0 Å². The fraction of sp³-hybridized carbons (Fsp3) is 0.188. The van der Waals surface area contributed by atoms with Crippen LogP contribution in [0.15, 0.2) is 40.1 Å². The Kier molecular flexibility index (Phi) is 4.12. The van der Waals surface area contributed by atoms with Gasteiger partial charge in [0.15, 0.2) is 6.10 Å². The number of esters is 1. The number of nitrogen functional groups attached to an aromatic ring is 1. The minimum absolute atomic E-state index is 0.243. The summed E-state index contributed by atoms with van der Waals surface area (Å²) < 4.78 is 10.9. The summed E-state index contributed by atoms with van der Waals surface area (Å²) in [6.45, 7) is 3.51. The van der Waals surface area contributed by atoms with E-state index in [0.717, 1.165) is 10.4 Å². The maximum atomic E-state index is 12.2. The number of ether oxygens (including phenoxy) is 1. The highest BCUT2D eigenvalue weighted by atomic mass is 32.1. The number of nitrogens with zero attached hydrogens (tertiary/aromatic N) is 2. The van der Waals surface area contributed by atoms with E-state index in [1.54, 1.807) is 19.1 Å². The van der Waals surface area contributed by atoms with E-state index in [-0.39, 0.29) is 5.89 Å². The predicted molar refractivity (Wildman–Crippen MR) is 87.0 cm³/mol. The molecule has 0 radical (unpaired) electrons. The Morgan fingerprint density at radius 3 is 2.87 bits per heavy atom. The molecule has 1 unspecified atom stereocenters. The smallest absolute Gasteiger partial charge is 0.341 e. The summed E-state index contributed by atoms with van der Waals surface area (Å²) in [5.41, 5.74) is 7.48. The minimum Gasteiger partial charge on any atom is -0.449 e. The van der Waals surface area contributed by atoms with Crippen molar-refractivity contribution in [1.29, 1.82) is 0 Å². The SMILES string of the molecule is Cc1cccc(C(=O)OC(C)c2nnc(-c3cccs3)o2)c1N. The molecule has 7 heteroatoms. The molecule has 0 bridgehead atoms. The zero-order valence-corrected chi connectivity index (χ0v) is 13.5. The van der Waals surface area contributed by atoms with Crippen LogP contribution in [0.1, 0.15) is 34.8 Å². The monoisotopic (exact) mass is 329 g/mol. The van der Waals surface area contributed by atoms with Crippen LogP contribution in [0.25, 0.3) is 10.8 Å². The topological polar surface area (TPSA) is 91.2 Å². The van der Waals surface area contributed by atoms with Gasteiger partial charge in [-0.05, 0) is 36.9 Å². The molecule has 1 atom stereocenters. The zero-order chi connectivity index (χ0) is 16.4. The minimum atomic E-state index is -0.663. The molecule has 23 heavy (non-hydrogen) atoms. The Hall–Kier alpha value is -2.67. The van der Waals surface area contributed by atoms with Crippen molar-refractivity contribution in [1.82, 2.24) is 10.2 Å². The summed E-state index contributed by atoms with van der Waals surface area (Å²) >= 11 is 1.49. The van der Waals surface area contributed by atoms with Gasteiger partial charge in [-0.3, -0.25) is 0 Å². The van der Waals surface area contributed by atoms with Gasteiger partial charge in [0, 0.05) is 5.69 Å². The number of hydrogen-bond donors (Lipinski definition) is 1. The van der Waals surface area contributed by atoms with Gasteiger partial charge in [0.25, 0.3) is 11.8 Å². The van der Waals surface area contributed by atoms with Gasteiger partial charge >= 0.3 is 5.97 Å². The van der Waals surface area contributed by atoms with Crippen LogP contribution in [0.5, 0.6) is 0 Å². The molecule has 0 aliphatic heterocycles. The number of rotatable bonds is 4.